The van der Waals surface area contributed by atoms with Crippen molar-refractivity contribution in [2.24, 2.45) is 0 Å². The number of ketones is 2. The molecule has 0 saturated carbocycles. The summed E-state index contributed by atoms with van der Waals surface area (Å²) in [5, 5.41) is 2.88. The van der Waals surface area contributed by atoms with E-state index >= 15 is 0 Å². The predicted molar refractivity (Wildman–Crippen MR) is 147 cm³/mol. The molecule has 1 saturated heterocycles. The van der Waals surface area contributed by atoms with Crippen LogP contribution in [0, 0.1) is 0 Å². The van der Waals surface area contributed by atoms with E-state index < -0.39 is 6.04 Å². The number of carbonyl (C=O) groups excluding carboxylic acids is 3. The molecule has 6 heteroatoms. The first-order chi connectivity index (χ1) is 18.6. The van der Waals surface area contributed by atoms with Gasteiger partial charge in [0.05, 0.1) is 6.04 Å². The van der Waals surface area contributed by atoms with E-state index in [-0.39, 0.29) is 36.8 Å². The molecule has 1 fully saturated rings. The van der Waals surface area contributed by atoms with Gasteiger partial charge in [-0.25, -0.2) is 0 Å². The van der Waals surface area contributed by atoms with E-state index in [9.17, 15) is 14.4 Å². The van der Waals surface area contributed by atoms with Gasteiger partial charge in [-0.2, -0.15) is 0 Å². The van der Waals surface area contributed by atoms with Crippen LogP contribution in [0.15, 0.2) is 91.0 Å². The van der Waals surface area contributed by atoms with E-state index in [1.165, 1.54) is 6.08 Å². The number of carbonyl (C=O) groups is 3. The van der Waals surface area contributed by atoms with Crippen molar-refractivity contribution in [2.75, 3.05) is 13.2 Å². The number of benzene rings is 3. The molecule has 1 amide bonds. The SMILES string of the molecule is O=C(/C=C\c1ccccc1)N[C@@H](Cc1ccccc1)C(=O)Cc1ccc(C(=O)COC2CCCCO2)cc1. The summed E-state index contributed by atoms with van der Waals surface area (Å²) in [5.74, 6) is -0.560. The molecule has 0 radical (unpaired) electrons. The van der Waals surface area contributed by atoms with E-state index in [4.69, 9.17) is 9.47 Å². The maximum atomic E-state index is 13.3. The zero-order chi connectivity index (χ0) is 26.6. The van der Waals surface area contributed by atoms with E-state index in [0.29, 0.717) is 18.6 Å². The minimum Gasteiger partial charge on any atom is -0.353 e. The van der Waals surface area contributed by atoms with E-state index in [1.807, 2.05) is 60.7 Å². The van der Waals surface area contributed by atoms with Crippen LogP contribution in [-0.4, -0.2) is 43.0 Å². The largest absolute Gasteiger partial charge is 0.353 e. The molecule has 6 nitrogen and oxygen atoms in total. The summed E-state index contributed by atoms with van der Waals surface area (Å²) >= 11 is 0. The Bertz CT molecular complexity index is 1220. The number of nitrogens with one attached hydrogen (secondary N) is 1. The predicted octanol–water partition coefficient (Wildman–Crippen LogP) is 4.97. The van der Waals surface area contributed by atoms with E-state index in [1.54, 1.807) is 30.3 Å². The number of rotatable bonds is 12. The summed E-state index contributed by atoms with van der Waals surface area (Å²) in [6, 6.07) is 25.4. The Morgan fingerprint density at radius 3 is 2.29 bits per heavy atom. The fraction of sp³-hybridized carbons (Fsp3) is 0.281. The highest BCUT2D eigenvalue weighted by molar-refractivity contribution is 5.98. The zero-order valence-corrected chi connectivity index (χ0v) is 21.4. The number of hydrogen-bond acceptors (Lipinski definition) is 5. The van der Waals surface area contributed by atoms with Crippen molar-refractivity contribution in [2.45, 2.75) is 44.4 Å². The Hall–Kier alpha value is -3.87. The summed E-state index contributed by atoms with van der Waals surface area (Å²) in [7, 11) is 0. The first-order valence-corrected chi connectivity index (χ1v) is 13.0. The standard InChI is InChI=1S/C32H33NO5/c34-29(22-26-14-17-27(18-15-26)30(35)23-38-32-13-7-8-20-37-32)28(21-25-11-5-2-6-12-25)33-31(36)19-16-24-9-3-1-4-10-24/h1-6,9-12,14-19,28,32H,7-8,13,20-23H2,(H,33,36)/b19-16-/t28-,32?/m0/s1. The number of amides is 1. The highest BCUT2D eigenvalue weighted by atomic mass is 16.7. The Labute approximate surface area is 223 Å². The molecule has 1 heterocycles. The second-order valence-electron chi connectivity index (χ2n) is 9.37. The average molecular weight is 512 g/mol. The minimum absolute atomic E-state index is 0.0371. The highest BCUT2D eigenvalue weighted by Crippen LogP contribution is 2.15. The molecule has 38 heavy (non-hydrogen) atoms. The normalized spacial score (nSPS) is 16.2. The van der Waals surface area contributed by atoms with Crippen LogP contribution in [0.5, 0.6) is 0 Å². The fourth-order valence-corrected chi connectivity index (χ4v) is 4.28. The minimum atomic E-state index is -0.685. The highest BCUT2D eigenvalue weighted by Gasteiger charge is 2.21. The maximum absolute atomic E-state index is 13.3. The number of Topliss-reactive ketones (excluding diaryl/α,β-unsaturated/α-hetero) is 2. The van der Waals surface area contributed by atoms with E-state index in [2.05, 4.69) is 5.32 Å². The maximum Gasteiger partial charge on any atom is 0.244 e. The third-order valence-electron chi connectivity index (χ3n) is 6.41. The lowest BCUT2D eigenvalue weighted by molar-refractivity contribution is -0.155. The Morgan fingerprint density at radius 2 is 1.61 bits per heavy atom. The van der Waals surface area contributed by atoms with Gasteiger partial charge in [0.15, 0.2) is 17.9 Å². The Balaban J connectivity index is 1.36. The van der Waals surface area contributed by atoms with Gasteiger partial charge in [-0.1, -0.05) is 84.9 Å². The molecule has 1 unspecified atom stereocenters. The van der Waals surface area contributed by atoms with Gasteiger partial charge < -0.3 is 14.8 Å². The number of hydrogen-bond donors (Lipinski definition) is 1. The second-order valence-corrected chi connectivity index (χ2v) is 9.37. The molecular formula is C32H33NO5. The van der Waals surface area contributed by atoms with Gasteiger partial charge in [-0.15, -0.1) is 0 Å². The first-order valence-electron chi connectivity index (χ1n) is 13.0. The van der Waals surface area contributed by atoms with Crippen LogP contribution < -0.4 is 5.32 Å². The van der Waals surface area contributed by atoms with Crippen molar-refractivity contribution in [3.8, 4) is 0 Å². The lowest BCUT2D eigenvalue weighted by atomic mass is 9.97. The van der Waals surface area contributed by atoms with Gasteiger partial charge in [-0.05, 0) is 48.4 Å². The molecule has 1 N–H and O–H groups in total. The van der Waals surface area contributed by atoms with Gasteiger partial charge >= 0.3 is 0 Å². The average Bonchev–Trinajstić information content (AvgIpc) is 2.96. The van der Waals surface area contributed by atoms with Gasteiger partial charge in [-0.3, -0.25) is 14.4 Å². The van der Waals surface area contributed by atoms with Crippen LogP contribution in [-0.2, 0) is 31.9 Å². The topological polar surface area (TPSA) is 81.7 Å². The molecular weight excluding hydrogens is 478 g/mol. The van der Waals surface area contributed by atoms with Crippen LogP contribution in [0.25, 0.3) is 6.08 Å². The lowest BCUT2D eigenvalue weighted by Crippen LogP contribution is -2.42. The van der Waals surface area contributed by atoms with Gasteiger partial charge in [0.1, 0.15) is 6.61 Å². The van der Waals surface area contributed by atoms with Gasteiger partial charge in [0, 0.05) is 24.7 Å². The molecule has 3 aromatic carbocycles. The molecule has 1 aliphatic heterocycles. The zero-order valence-electron chi connectivity index (χ0n) is 21.4. The molecule has 3 aromatic rings. The van der Waals surface area contributed by atoms with Crippen LogP contribution in [0.3, 0.4) is 0 Å². The molecule has 0 aliphatic carbocycles. The van der Waals surface area contributed by atoms with Crippen LogP contribution in [0.1, 0.15) is 46.3 Å². The van der Waals surface area contributed by atoms with Gasteiger partial charge in [0.2, 0.25) is 5.91 Å². The van der Waals surface area contributed by atoms with Crippen molar-refractivity contribution in [1.82, 2.24) is 5.32 Å². The van der Waals surface area contributed by atoms with Crippen molar-refractivity contribution >= 4 is 23.5 Å². The quantitative estimate of drug-likeness (QED) is 0.274. The third kappa shape index (κ3) is 8.61. The third-order valence-corrected chi connectivity index (χ3v) is 6.41. The van der Waals surface area contributed by atoms with Crippen molar-refractivity contribution in [3.63, 3.8) is 0 Å². The molecule has 0 aromatic heterocycles. The Morgan fingerprint density at radius 1 is 0.895 bits per heavy atom. The summed E-state index contributed by atoms with van der Waals surface area (Å²) in [4.78, 5) is 38.5. The van der Waals surface area contributed by atoms with Crippen molar-refractivity contribution < 1.29 is 23.9 Å². The molecule has 2 atom stereocenters. The monoisotopic (exact) mass is 511 g/mol. The summed E-state index contributed by atoms with van der Waals surface area (Å²) in [5.41, 5.74) is 3.16. The molecule has 0 bridgehead atoms. The molecule has 4 rings (SSSR count). The first kappa shape index (κ1) is 27.2. The van der Waals surface area contributed by atoms with Crippen LogP contribution in [0.2, 0.25) is 0 Å². The smallest absolute Gasteiger partial charge is 0.244 e. The van der Waals surface area contributed by atoms with Crippen LogP contribution >= 0.6 is 0 Å². The van der Waals surface area contributed by atoms with E-state index in [0.717, 1.165) is 36.0 Å². The van der Waals surface area contributed by atoms with Crippen molar-refractivity contribution in [1.29, 1.82) is 0 Å². The summed E-state index contributed by atoms with van der Waals surface area (Å²) in [6.07, 6.45) is 6.25. The Kier molecular flexibility index (Phi) is 10.1. The second kappa shape index (κ2) is 14.2. The van der Waals surface area contributed by atoms with Gasteiger partial charge in [0.25, 0.3) is 0 Å². The van der Waals surface area contributed by atoms with Crippen LogP contribution in [0.4, 0.5) is 0 Å². The summed E-state index contributed by atoms with van der Waals surface area (Å²) in [6.45, 7) is 0.626. The molecule has 196 valence electrons. The molecule has 0 spiro atoms. The molecule has 1 aliphatic rings. The lowest BCUT2D eigenvalue weighted by Gasteiger charge is -2.22. The fourth-order valence-electron chi connectivity index (χ4n) is 4.28. The van der Waals surface area contributed by atoms with Crippen molar-refractivity contribution in [3.05, 3.63) is 113 Å². The summed E-state index contributed by atoms with van der Waals surface area (Å²) < 4.78 is 11.1. The number of ether oxygens (including phenoxy) is 2.